The van der Waals surface area contributed by atoms with Gasteiger partial charge in [-0.25, -0.2) is 9.97 Å². The lowest BCUT2D eigenvalue weighted by Gasteiger charge is -2.09. The molecule has 1 heterocycles. The smallest absolute Gasteiger partial charge is 0.259 e. The zero-order chi connectivity index (χ0) is 16.9. The largest absolute Gasteiger partial charge is 0.322 e. The van der Waals surface area contributed by atoms with Gasteiger partial charge < -0.3 is 5.32 Å². The molecule has 4 nitrogen and oxygen atoms in total. The molecule has 0 radical (unpaired) electrons. The predicted molar refractivity (Wildman–Crippen MR) is 98.4 cm³/mol. The third-order valence-electron chi connectivity index (χ3n) is 3.58. The van der Waals surface area contributed by atoms with Crippen LogP contribution in [-0.2, 0) is 0 Å². The summed E-state index contributed by atoms with van der Waals surface area (Å²) in [6.07, 6.45) is 3.58. The summed E-state index contributed by atoms with van der Waals surface area (Å²) in [6.45, 7) is 1.82. The van der Waals surface area contributed by atoms with Crippen molar-refractivity contribution in [3.05, 3.63) is 72.1 Å². The van der Waals surface area contributed by atoms with Crippen molar-refractivity contribution in [1.29, 1.82) is 0 Å². The molecule has 0 aliphatic carbocycles. The first kappa shape index (κ1) is 16.2. The monoisotopic (exact) mass is 335 g/mol. The van der Waals surface area contributed by atoms with Crippen molar-refractivity contribution in [1.82, 2.24) is 9.97 Å². The van der Waals surface area contributed by atoms with Gasteiger partial charge in [-0.15, -0.1) is 11.8 Å². The predicted octanol–water partition coefficient (Wildman–Crippen LogP) is 4.43. The van der Waals surface area contributed by atoms with Crippen molar-refractivity contribution < 1.29 is 4.79 Å². The molecule has 0 aliphatic heterocycles. The normalized spacial score (nSPS) is 10.4. The van der Waals surface area contributed by atoms with Gasteiger partial charge in [0.25, 0.3) is 5.91 Å². The second-order valence-corrected chi connectivity index (χ2v) is 6.12. The van der Waals surface area contributed by atoms with Crippen LogP contribution in [0.15, 0.2) is 65.7 Å². The second kappa shape index (κ2) is 7.27. The van der Waals surface area contributed by atoms with E-state index in [1.54, 1.807) is 18.0 Å². The fourth-order valence-electron chi connectivity index (χ4n) is 2.32. The van der Waals surface area contributed by atoms with E-state index >= 15 is 0 Å². The van der Waals surface area contributed by atoms with Gasteiger partial charge in [0.15, 0.2) is 5.82 Å². The molecule has 1 aromatic heterocycles. The van der Waals surface area contributed by atoms with Crippen LogP contribution in [0.1, 0.15) is 16.1 Å². The maximum atomic E-state index is 12.5. The van der Waals surface area contributed by atoms with Gasteiger partial charge in [-0.1, -0.05) is 36.4 Å². The molecular weight excluding hydrogens is 318 g/mol. The summed E-state index contributed by atoms with van der Waals surface area (Å²) in [5.41, 5.74) is 2.82. The number of thioether (sulfide) groups is 1. The van der Waals surface area contributed by atoms with Crippen molar-refractivity contribution >= 4 is 23.4 Å². The number of aryl methyl sites for hydroxylation is 1. The van der Waals surface area contributed by atoms with Gasteiger partial charge in [-0.05, 0) is 31.4 Å². The van der Waals surface area contributed by atoms with Crippen molar-refractivity contribution in [3.8, 4) is 11.4 Å². The fourth-order valence-corrected chi connectivity index (χ4v) is 2.78. The highest BCUT2D eigenvalue weighted by molar-refractivity contribution is 7.98. The molecule has 3 aromatic rings. The van der Waals surface area contributed by atoms with Gasteiger partial charge in [0.1, 0.15) is 0 Å². The Kier molecular flexibility index (Phi) is 4.91. The van der Waals surface area contributed by atoms with Crippen LogP contribution >= 0.6 is 11.8 Å². The zero-order valence-electron chi connectivity index (χ0n) is 13.5. The molecule has 0 aliphatic rings. The van der Waals surface area contributed by atoms with E-state index in [9.17, 15) is 4.79 Å². The first-order valence-electron chi connectivity index (χ1n) is 7.52. The minimum atomic E-state index is -0.203. The second-order valence-electron chi connectivity index (χ2n) is 5.24. The van der Waals surface area contributed by atoms with E-state index in [0.717, 1.165) is 16.1 Å². The van der Waals surface area contributed by atoms with Gasteiger partial charge >= 0.3 is 0 Å². The standard InChI is InChI=1S/C19H17N3OS/c1-13-17(12-20-18(21-13)14-7-4-3-5-8-14)19(23)22-15-9-6-10-16(11-15)24-2/h3-12H,1-2H3,(H,22,23). The van der Waals surface area contributed by atoms with E-state index in [-0.39, 0.29) is 5.91 Å². The van der Waals surface area contributed by atoms with Crippen LogP contribution in [0.25, 0.3) is 11.4 Å². The van der Waals surface area contributed by atoms with Gasteiger partial charge in [0.05, 0.1) is 11.3 Å². The molecule has 1 N–H and O–H groups in total. The number of carbonyl (C=O) groups excluding carboxylic acids is 1. The molecule has 2 aromatic carbocycles. The summed E-state index contributed by atoms with van der Waals surface area (Å²) in [7, 11) is 0. The van der Waals surface area contributed by atoms with E-state index in [2.05, 4.69) is 15.3 Å². The highest BCUT2D eigenvalue weighted by Gasteiger charge is 2.13. The number of hydrogen-bond acceptors (Lipinski definition) is 4. The van der Waals surface area contributed by atoms with Gasteiger partial charge in [-0.3, -0.25) is 4.79 Å². The highest BCUT2D eigenvalue weighted by Crippen LogP contribution is 2.20. The number of amides is 1. The average molecular weight is 335 g/mol. The number of benzene rings is 2. The highest BCUT2D eigenvalue weighted by atomic mass is 32.2. The van der Waals surface area contributed by atoms with Crippen molar-refractivity contribution in [2.75, 3.05) is 11.6 Å². The molecule has 0 saturated heterocycles. The quantitative estimate of drug-likeness (QED) is 0.717. The van der Waals surface area contributed by atoms with Crippen LogP contribution in [0.5, 0.6) is 0 Å². The lowest BCUT2D eigenvalue weighted by molar-refractivity contribution is 0.102. The molecule has 1 amide bonds. The van der Waals surface area contributed by atoms with Crippen LogP contribution < -0.4 is 5.32 Å². The van der Waals surface area contributed by atoms with Crippen molar-refractivity contribution in [2.45, 2.75) is 11.8 Å². The zero-order valence-corrected chi connectivity index (χ0v) is 14.3. The first-order chi connectivity index (χ1) is 11.7. The average Bonchev–Trinajstić information content (AvgIpc) is 2.62. The summed E-state index contributed by atoms with van der Waals surface area (Å²) in [5.74, 6) is 0.416. The molecule has 3 rings (SSSR count). The Balaban J connectivity index is 1.82. The molecule has 0 saturated carbocycles. The summed E-state index contributed by atoms with van der Waals surface area (Å²) < 4.78 is 0. The third-order valence-corrected chi connectivity index (χ3v) is 4.31. The Hall–Kier alpha value is -2.66. The molecule has 24 heavy (non-hydrogen) atoms. The van der Waals surface area contributed by atoms with Crippen LogP contribution in [0, 0.1) is 6.92 Å². The molecule has 0 fully saturated rings. The number of anilines is 1. The molecule has 120 valence electrons. The Morgan fingerprint density at radius 3 is 2.58 bits per heavy atom. The number of nitrogens with one attached hydrogen (secondary N) is 1. The SMILES string of the molecule is CSc1cccc(NC(=O)c2cnc(-c3ccccc3)nc2C)c1. The van der Waals surface area contributed by atoms with Gasteiger partial charge in [0, 0.05) is 22.3 Å². The summed E-state index contributed by atoms with van der Waals surface area (Å²) in [4.78, 5) is 22.4. The van der Waals surface area contributed by atoms with Crippen LogP contribution in [-0.4, -0.2) is 22.1 Å². The maximum absolute atomic E-state index is 12.5. The molecule has 0 bridgehead atoms. The van der Waals surface area contributed by atoms with E-state index in [1.807, 2.05) is 67.8 Å². The summed E-state index contributed by atoms with van der Waals surface area (Å²) >= 11 is 1.63. The Bertz CT molecular complexity index is 865. The Morgan fingerprint density at radius 2 is 1.88 bits per heavy atom. The topological polar surface area (TPSA) is 54.9 Å². The lowest BCUT2D eigenvalue weighted by Crippen LogP contribution is -2.15. The number of carbonyl (C=O) groups is 1. The summed E-state index contributed by atoms with van der Waals surface area (Å²) in [6, 6.07) is 17.4. The van der Waals surface area contributed by atoms with E-state index in [4.69, 9.17) is 0 Å². The minimum absolute atomic E-state index is 0.203. The van der Waals surface area contributed by atoms with Crippen LogP contribution in [0.4, 0.5) is 5.69 Å². The first-order valence-corrected chi connectivity index (χ1v) is 8.74. The fraction of sp³-hybridized carbons (Fsp3) is 0.105. The van der Waals surface area contributed by atoms with E-state index in [1.165, 1.54) is 0 Å². The lowest BCUT2D eigenvalue weighted by atomic mass is 10.2. The van der Waals surface area contributed by atoms with E-state index in [0.29, 0.717) is 17.1 Å². The maximum Gasteiger partial charge on any atom is 0.259 e. The number of hydrogen-bond donors (Lipinski definition) is 1. The van der Waals surface area contributed by atoms with Gasteiger partial charge in [-0.2, -0.15) is 0 Å². The molecule has 5 heteroatoms. The van der Waals surface area contributed by atoms with Crippen LogP contribution in [0.3, 0.4) is 0 Å². The molecule has 0 atom stereocenters. The third kappa shape index (κ3) is 3.63. The Morgan fingerprint density at radius 1 is 1.08 bits per heavy atom. The van der Waals surface area contributed by atoms with Crippen molar-refractivity contribution in [2.24, 2.45) is 0 Å². The number of nitrogens with zero attached hydrogens (tertiary/aromatic N) is 2. The minimum Gasteiger partial charge on any atom is -0.322 e. The number of aromatic nitrogens is 2. The van der Waals surface area contributed by atoms with Crippen molar-refractivity contribution in [3.63, 3.8) is 0 Å². The molecule has 0 spiro atoms. The van der Waals surface area contributed by atoms with E-state index < -0.39 is 0 Å². The number of rotatable bonds is 4. The summed E-state index contributed by atoms with van der Waals surface area (Å²) in [5, 5.41) is 2.90. The Labute approximate surface area is 145 Å². The molecule has 0 unspecified atom stereocenters. The van der Waals surface area contributed by atoms with Crippen LogP contribution in [0.2, 0.25) is 0 Å². The van der Waals surface area contributed by atoms with Gasteiger partial charge in [0.2, 0.25) is 0 Å². The molecular formula is C19H17N3OS.